The van der Waals surface area contributed by atoms with Crippen molar-refractivity contribution in [3.05, 3.63) is 70.8 Å². The zero-order chi connectivity index (χ0) is 33.4. The molecule has 1 unspecified atom stereocenters. The number of carbonyl (C=O) groups excluding carboxylic acids is 3. The first kappa shape index (κ1) is 35.7. The third kappa shape index (κ3) is 10.6. The van der Waals surface area contributed by atoms with Crippen LogP contribution in [0.4, 0.5) is 31.1 Å². The lowest BCUT2D eigenvalue weighted by Gasteiger charge is -2.45. The van der Waals surface area contributed by atoms with E-state index in [2.05, 4.69) is 5.32 Å². The molecule has 1 N–H and O–H groups in total. The minimum absolute atomic E-state index is 0.0159. The number of hydrogen-bond donors (Lipinski definition) is 1. The van der Waals surface area contributed by atoms with E-state index in [0.29, 0.717) is 38.1 Å². The van der Waals surface area contributed by atoms with Crippen molar-refractivity contribution in [2.24, 2.45) is 0 Å². The molecule has 0 aromatic heterocycles. The molecule has 14 heteroatoms. The van der Waals surface area contributed by atoms with Crippen LogP contribution in [0.5, 0.6) is 0 Å². The standard InChI is InChI=1S/C31H38F6N4O4/c1-21-18-40(19-22-9-5-4-6-10-22)28(43)26(11-7-8-14-39(2)3)41(21)27(42)12-13-38-29(44)45-20-23-15-24(30(32,33)34)17-25(16-23)31(35,36)37/h4-6,9-10,15-17,21,26H,7-8,11-14,18-20H2,1-3H3,(H,38,44)/t21?,26-/m0/s1. The molecule has 0 radical (unpaired) electrons. The molecule has 1 aliphatic heterocycles. The van der Waals surface area contributed by atoms with Gasteiger partial charge in [-0.15, -0.1) is 0 Å². The molecule has 0 spiro atoms. The van der Waals surface area contributed by atoms with Crippen LogP contribution in [-0.4, -0.2) is 78.4 Å². The monoisotopic (exact) mass is 644 g/mol. The molecule has 1 saturated heterocycles. The third-order valence-electron chi connectivity index (χ3n) is 7.35. The summed E-state index contributed by atoms with van der Waals surface area (Å²) in [6, 6.07) is 9.44. The zero-order valence-corrected chi connectivity index (χ0v) is 25.4. The van der Waals surface area contributed by atoms with Crippen LogP contribution in [0.15, 0.2) is 48.5 Å². The van der Waals surface area contributed by atoms with Crippen LogP contribution >= 0.6 is 0 Å². The molecule has 248 valence electrons. The number of hydrogen-bond acceptors (Lipinski definition) is 5. The average Bonchev–Trinajstić information content (AvgIpc) is 2.95. The van der Waals surface area contributed by atoms with Gasteiger partial charge in [0.05, 0.1) is 11.1 Å². The second-order valence-electron chi connectivity index (χ2n) is 11.3. The highest BCUT2D eigenvalue weighted by molar-refractivity contribution is 5.89. The maximum atomic E-state index is 13.6. The van der Waals surface area contributed by atoms with Crippen LogP contribution in [0.1, 0.15) is 54.9 Å². The molecule has 1 aliphatic rings. The van der Waals surface area contributed by atoms with Gasteiger partial charge < -0.3 is 24.8 Å². The van der Waals surface area contributed by atoms with Crippen LogP contribution in [-0.2, 0) is 39.8 Å². The molecule has 0 bridgehead atoms. The van der Waals surface area contributed by atoms with Crippen molar-refractivity contribution in [2.75, 3.05) is 33.7 Å². The minimum atomic E-state index is -5.03. The molecular formula is C31H38F6N4O4. The molecule has 3 rings (SSSR count). The summed E-state index contributed by atoms with van der Waals surface area (Å²) in [5.41, 5.74) is -2.58. The van der Waals surface area contributed by atoms with E-state index in [1.54, 1.807) is 9.80 Å². The van der Waals surface area contributed by atoms with Gasteiger partial charge in [-0.2, -0.15) is 26.3 Å². The number of alkyl carbamates (subject to hydrolysis) is 1. The van der Waals surface area contributed by atoms with E-state index in [4.69, 9.17) is 4.74 Å². The van der Waals surface area contributed by atoms with Crippen molar-refractivity contribution in [1.29, 1.82) is 0 Å². The fraction of sp³-hybridized carbons (Fsp3) is 0.516. The molecule has 2 atom stereocenters. The first-order chi connectivity index (χ1) is 21.1. The molecule has 1 fully saturated rings. The number of alkyl halides is 6. The highest BCUT2D eigenvalue weighted by Gasteiger charge is 2.41. The Bertz CT molecular complexity index is 1270. The molecule has 1 heterocycles. The Hall–Kier alpha value is -3.81. The summed E-state index contributed by atoms with van der Waals surface area (Å²) in [7, 11) is 3.89. The molecule has 2 aromatic rings. The van der Waals surface area contributed by atoms with Gasteiger partial charge in [0.1, 0.15) is 12.6 Å². The normalized spacial score (nSPS) is 17.5. The van der Waals surface area contributed by atoms with Gasteiger partial charge in [0.15, 0.2) is 0 Å². The van der Waals surface area contributed by atoms with Crippen molar-refractivity contribution in [3.8, 4) is 0 Å². The van der Waals surface area contributed by atoms with Gasteiger partial charge in [0.25, 0.3) is 0 Å². The van der Waals surface area contributed by atoms with E-state index < -0.39 is 47.8 Å². The van der Waals surface area contributed by atoms with Gasteiger partial charge in [0, 0.05) is 32.1 Å². The lowest BCUT2D eigenvalue weighted by molar-refractivity contribution is -0.156. The van der Waals surface area contributed by atoms with Gasteiger partial charge in [0.2, 0.25) is 11.8 Å². The van der Waals surface area contributed by atoms with Crippen LogP contribution in [0.25, 0.3) is 0 Å². The second kappa shape index (κ2) is 15.5. The summed E-state index contributed by atoms with van der Waals surface area (Å²) in [6.07, 6.45) is -9.38. The van der Waals surface area contributed by atoms with E-state index in [0.717, 1.165) is 18.5 Å². The van der Waals surface area contributed by atoms with E-state index >= 15 is 0 Å². The maximum absolute atomic E-state index is 13.6. The predicted octanol–water partition coefficient (Wildman–Crippen LogP) is 5.70. The predicted molar refractivity (Wildman–Crippen MR) is 154 cm³/mol. The number of carbonyl (C=O) groups is 3. The maximum Gasteiger partial charge on any atom is 0.416 e. The summed E-state index contributed by atoms with van der Waals surface area (Å²) in [6.45, 7) is 2.33. The Morgan fingerprint density at radius 2 is 1.58 bits per heavy atom. The summed E-state index contributed by atoms with van der Waals surface area (Å²) >= 11 is 0. The fourth-order valence-corrected chi connectivity index (χ4v) is 5.23. The molecule has 8 nitrogen and oxygen atoms in total. The summed E-state index contributed by atoms with van der Waals surface area (Å²) in [5.74, 6) is -0.539. The smallest absolute Gasteiger partial charge is 0.416 e. The summed E-state index contributed by atoms with van der Waals surface area (Å²) in [5, 5.41) is 2.31. The second-order valence-corrected chi connectivity index (χ2v) is 11.3. The zero-order valence-electron chi connectivity index (χ0n) is 25.4. The van der Waals surface area contributed by atoms with E-state index in [9.17, 15) is 40.7 Å². The van der Waals surface area contributed by atoms with Gasteiger partial charge in [-0.1, -0.05) is 30.3 Å². The van der Waals surface area contributed by atoms with Crippen LogP contribution < -0.4 is 5.32 Å². The SMILES string of the molecule is CC1CN(Cc2ccccc2)C(=O)[C@H](CCCCN(C)C)N1C(=O)CCNC(=O)OCc1cc(C(F)(F)F)cc(C(F)(F)F)c1. The number of halogens is 6. The number of rotatable bonds is 12. The van der Waals surface area contributed by atoms with E-state index in [1.807, 2.05) is 56.3 Å². The molecule has 45 heavy (non-hydrogen) atoms. The Morgan fingerprint density at radius 1 is 0.956 bits per heavy atom. The van der Waals surface area contributed by atoms with Crippen molar-refractivity contribution in [1.82, 2.24) is 20.0 Å². The van der Waals surface area contributed by atoms with E-state index in [-0.39, 0.29) is 36.9 Å². The Labute approximate surface area is 258 Å². The highest BCUT2D eigenvalue weighted by Crippen LogP contribution is 2.36. The third-order valence-corrected chi connectivity index (χ3v) is 7.35. The number of nitrogens with zero attached hydrogens (tertiary/aromatic N) is 3. The number of ether oxygens (including phenoxy) is 1. The van der Waals surface area contributed by atoms with Gasteiger partial charge in [-0.25, -0.2) is 4.79 Å². The summed E-state index contributed by atoms with van der Waals surface area (Å²) in [4.78, 5) is 44.4. The Balaban J connectivity index is 1.60. The number of unbranched alkanes of at least 4 members (excludes halogenated alkanes) is 1. The lowest BCUT2D eigenvalue weighted by atomic mass is 9.99. The van der Waals surface area contributed by atoms with Gasteiger partial charge in [-0.05, 0) is 76.2 Å². The molecule has 2 aromatic carbocycles. The number of amides is 3. The number of nitrogens with one attached hydrogen (secondary N) is 1. The topological polar surface area (TPSA) is 82.2 Å². The van der Waals surface area contributed by atoms with Crippen molar-refractivity contribution >= 4 is 17.9 Å². The van der Waals surface area contributed by atoms with Crippen LogP contribution in [0.3, 0.4) is 0 Å². The average molecular weight is 645 g/mol. The van der Waals surface area contributed by atoms with Crippen LogP contribution in [0.2, 0.25) is 0 Å². The molecule has 0 saturated carbocycles. The summed E-state index contributed by atoms with van der Waals surface area (Å²) < 4.78 is 83.4. The Morgan fingerprint density at radius 3 is 2.16 bits per heavy atom. The van der Waals surface area contributed by atoms with Crippen LogP contribution in [0, 0.1) is 0 Å². The highest BCUT2D eigenvalue weighted by atomic mass is 19.4. The number of piperazine rings is 1. The van der Waals surface area contributed by atoms with Crippen molar-refractivity contribution in [2.45, 2.75) is 70.2 Å². The molecule has 3 amide bonds. The quantitative estimate of drug-likeness (QED) is 0.237. The first-order valence-corrected chi connectivity index (χ1v) is 14.5. The van der Waals surface area contributed by atoms with Crippen molar-refractivity contribution < 1.29 is 45.5 Å². The van der Waals surface area contributed by atoms with Gasteiger partial charge >= 0.3 is 18.4 Å². The number of benzene rings is 2. The Kier molecular flexibility index (Phi) is 12.3. The first-order valence-electron chi connectivity index (χ1n) is 14.5. The van der Waals surface area contributed by atoms with Crippen molar-refractivity contribution in [3.63, 3.8) is 0 Å². The minimum Gasteiger partial charge on any atom is -0.445 e. The van der Waals surface area contributed by atoms with Gasteiger partial charge in [-0.3, -0.25) is 9.59 Å². The van der Waals surface area contributed by atoms with E-state index in [1.165, 1.54) is 0 Å². The molecular weight excluding hydrogens is 606 g/mol. The largest absolute Gasteiger partial charge is 0.445 e. The molecule has 0 aliphatic carbocycles. The fourth-order valence-electron chi connectivity index (χ4n) is 5.23. The lowest BCUT2D eigenvalue weighted by Crippen LogP contribution is -2.62.